The Morgan fingerprint density at radius 2 is 1.37 bits per heavy atom. The molecular weight excluding hydrogens is 368 g/mol. The van der Waals surface area contributed by atoms with Gasteiger partial charge in [-0.3, -0.25) is 4.79 Å². The average Bonchev–Trinajstić information content (AvgIpc) is 2.77. The number of esters is 1. The van der Waals surface area contributed by atoms with Crippen LogP contribution in [-0.4, -0.2) is 5.97 Å². The van der Waals surface area contributed by atoms with Gasteiger partial charge in [0.2, 0.25) is 0 Å². The quantitative estimate of drug-likeness (QED) is 0.271. The van der Waals surface area contributed by atoms with E-state index in [-0.39, 0.29) is 12.1 Å². The second-order valence-electron chi connectivity index (χ2n) is 7.93. The van der Waals surface area contributed by atoms with Gasteiger partial charge >= 0.3 is 5.97 Å². The van der Waals surface area contributed by atoms with Crippen LogP contribution in [0, 0.1) is 0 Å². The highest BCUT2D eigenvalue weighted by atomic mass is 16.5. The number of hydrogen-bond acceptors (Lipinski definition) is 2. The monoisotopic (exact) mass is 400 g/mol. The molecule has 0 heterocycles. The fourth-order valence-corrected chi connectivity index (χ4v) is 3.84. The van der Waals surface area contributed by atoms with Gasteiger partial charge in [0.05, 0.1) is 0 Å². The largest absolute Gasteiger partial charge is 0.458 e. The number of carbonyl (C=O) groups excluding carboxylic acids is 1. The molecule has 2 nitrogen and oxygen atoms in total. The van der Waals surface area contributed by atoms with Gasteiger partial charge in [0.1, 0.15) is 6.10 Å². The molecule has 3 aromatic rings. The first-order valence-electron chi connectivity index (χ1n) is 11.0. The molecule has 156 valence electrons. The summed E-state index contributed by atoms with van der Waals surface area (Å²) in [7, 11) is 0. The summed E-state index contributed by atoms with van der Waals surface area (Å²) in [5.74, 6) is -0.259. The normalized spacial score (nSPS) is 11.8. The van der Waals surface area contributed by atoms with Gasteiger partial charge < -0.3 is 4.74 Å². The summed E-state index contributed by atoms with van der Waals surface area (Å²) >= 11 is 0. The second kappa shape index (κ2) is 10.8. The Kier molecular flexibility index (Phi) is 7.84. The topological polar surface area (TPSA) is 26.3 Å². The van der Waals surface area contributed by atoms with E-state index in [0.29, 0.717) is 0 Å². The van der Waals surface area contributed by atoms with E-state index in [1.54, 1.807) is 0 Å². The zero-order valence-electron chi connectivity index (χ0n) is 18.4. The van der Waals surface area contributed by atoms with Crippen LogP contribution < -0.4 is 0 Å². The van der Waals surface area contributed by atoms with Crippen LogP contribution in [0.15, 0.2) is 72.8 Å². The number of unbranched alkanes of at least 4 members (excludes halogenated alkanes) is 3. The zero-order chi connectivity index (χ0) is 21.3. The highest BCUT2D eigenvalue weighted by Gasteiger charge is 2.11. The fraction of sp³-hybridized carbons (Fsp3) is 0.321. The Balaban J connectivity index is 1.78. The summed E-state index contributed by atoms with van der Waals surface area (Å²) in [4.78, 5) is 11.2. The molecule has 2 heteroatoms. The van der Waals surface area contributed by atoms with Crippen LogP contribution in [0.5, 0.6) is 0 Å². The molecule has 0 aliphatic rings. The third kappa shape index (κ3) is 5.82. The van der Waals surface area contributed by atoms with Crippen LogP contribution in [0.1, 0.15) is 63.7 Å². The van der Waals surface area contributed by atoms with E-state index in [4.69, 9.17) is 4.74 Å². The van der Waals surface area contributed by atoms with E-state index in [9.17, 15) is 4.79 Å². The third-order valence-corrected chi connectivity index (χ3v) is 5.54. The molecule has 0 amide bonds. The number of aryl methyl sites for hydroxylation is 1. The van der Waals surface area contributed by atoms with Crippen LogP contribution in [0.3, 0.4) is 0 Å². The summed E-state index contributed by atoms with van der Waals surface area (Å²) in [6.07, 6.45) is 6.10. The van der Waals surface area contributed by atoms with Gasteiger partial charge in [-0.2, -0.15) is 0 Å². The van der Waals surface area contributed by atoms with Gasteiger partial charge in [0, 0.05) is 6.92 Å². The Morgan fingerprint density at radius 3 is 1.90 bits per heavy atom. The first kappa shape index (κ1) is 21.8. The molecular formula is C28H32O2. The highest BCUT2D eigenvalue weighted by molar-refractivity contribution is 5.83. The molecule has 0 N–H and O–H groups in total. The minimum atomic E-state index is -0.259. The average molecular weight is 401 g/mol. The van der Waals surface area contributed by atoms with Gasteiger partial charge in [0.25, 0.3) is 0 Å². The lowest BCUT2D eigenvalue weighted by molar-refractivity contribution is -0.145. The number of hydrogen-bond donors (Lipinski definition) is 0. The van der Waals surface area contributed by atoms with Crippen molar-refractivity contribution in [3.05, 3.63) is 83.9 Å². The van der Waals surface area contributed by atoms with Crippen LogP contribution in [-0.2, 0) is 16.0 Å². The third-order valence-electron chi connectivity index (χ3n) is 5.54. The number of ether oxygens (including phenoxy) is 1. The molecule has 1 unspecified atom stereocenters. The van der Waals surface area contributed by atoms with Crippen LogP contribution in [0.2, 0.25) is 0 Å². The number of benzene rings is 3. The van der Waals surface area contributed by atoms with Gasteiger partial charge in [-0.15, -0.1) is 0 Å². The van der Waals surface area contributed by atoms with Crippen molar-refractivity contribution in [3.8, 4) is 22.3 Å². The molecule has 3 rings (SSSR count). The van der Waals surface area contributed by atoms with E-state index < -0.39 is 0 Å². The Labute approximate surface area is 180 Å². The molecule has 0 radical (unpaired) electrons. The maximum absolute atomic E-state index is 11.2. The molecule has 0 saturated carbocycles. The van der Waals surface area contributed by atoms with Crippen LogP contribution >= 0.6 is 0 Å². The highest BCUT2D eigenvalue weighted by Crippen LogP contribution is 2.33. The van der Waals surface area contributed by atoms with Crippen molar-refractivity contribution in [1.29, 1.82) is 0 Å². The molecule has 0 aliphatic carbocycles. The lowest BCUT2D eigenvalue weighted by Crippen LogP contribution is -2.04. The summed E-state index contributed by atoms with van der Waals surface area (Å²) in [6.45, 7) is 5.59. The zero-order valence-corrected chi connectivity index (χ0v) is 18.4. The minimum Gasteiger partial charge on any atom is -0.458 e. The van der Waals surface area contributed by atoms with Crippen LogP contribution in [0.4, 0.5) is 0 Å². The molecule has 0 saturated heterocycles. The molecule has 0 aliphatic heterocycles. The van der Waals surface area contributed by atoms with Gasteiger partial charge in [-0.05, 0) is 53.1 Å². The molecule has 0 spiro atoms. The fourth-order valence-electron chi connectivity index (χ4n) is 3.84. The van der Waals surface area contributed by atoms with Crippen molar-refractivity contribution < 1.29 is 9.53 Å². The number of carbonyl (C=O) groups is 1. The molecule has 1 atom stereocenters. The van der Waals surface area contributed by atoms with Gasteiger partial charge in [-0.1, -0.05) is 99.0 Å². The molecule has 0 fully saturated rings. The van der Waals surface area contributed by atoms with Crippen molar-refractivity contribution >= 4 is 5.97 Å². The first-order valence-corrected chi connectivity index (χ1v) is 11.0. The van der Waals surface area contributed by atoms with Crippen molar-refractivity contribution in [2.75, 3.05) is 0 Å². The van der Waals surface area contributed by atoms with Crippen molar-refractivity contribution in [1.82, 2.24) is 0 Å². The van der Waals surface area contributed by atoms with E-state index in [0.717, 1.165) is 17.5 Å². The SMILES string of the molecule is CCCCCCc1ccc(-c2ccccc2-c2ccc(C(C)OC(C)=O)cc2)cc1. The van der Waals surface area contributed by atoms with E-state index in [1.807, 2.05) is 19.1 Å². The maximum Gasteiger partial charge on any atom is 0.303 e. The van der Waals surface area contributed by atoms with Crippen molar-refractivity contribution in [2.45, 2.75) is 59.0 Å². The molecule has 0 aromatic heterocycles. The standard InChI is InChI=1S/C28H32O2/c1-4-5-6-7-10-23-13-15-25(16-14-23)27-11-8-9-12-28(27)26-19-17-24(18-20-26)21(2)30-22(3)29/h8-9,11-21H,4-7,10H2,1-3H3. The Morgan fingerprint density at radius 1 is 0.800 bits per heavy atom. The lowest BCUT2D eigenvalue weighted by atomic mass is 9.93. The summed E-state index contributed by atoms with van der Waals surface area (Å²) < 4.78 is 5.29. The Hall–Kier alpha value is -2.87. The smallest absolute Gasteiger partial charge is 0.303 e. The molecule has 0 bridgehead atoms. The predicted octanol–water partition coefficient (Wildman–Crippen LogP) is 7.77. The summed E-state index contributed by atoms with van der Waals surface area (Å²) in [6, 6.07) is 25.8. The minimum absolute atomic E-state index is 0.239. The van der Waals surface area contributed by atoms with Crippen molar-refractivity contribution in [2.24, 2.45) is 0 Å². The molecule has 30 heavy (non-hydrogen) atoms. The van der Waals surface area contributed by atoms with Crippen molar-refractivity contribution in [3.63, 3.8) is 0 Å². The second-order valence-corrected chi connectivity index (χ2v) is 7.93. The maximum atomic E-state index is 11.2. The first-order chi connectivity index (χ1) is 14.6. The van der Waals surface area contributed by atoms with Gasteiger partial charge in [-0.25, -0.2) is 0 Å². The van der Waals surface area contributed by atoms with Gasteiger partial charge in [0.15, 0.2) is 0 Å². The lowest BCUT2D eigenvalue weighted by Gasteiger charge is -2.14. The number of rotatable bonds is 9. The van der Waals surface area contributed by atoms with E-state index >= 15 is 0 Å². The Bertz CT molecular complexity index is 939. The predicted molar refractivity (Wildman–Crippen MR) is 125 cm³/mol. The summed E-state index contributed by atoms with van der Waals surface area (Å²) in [5, 5.41) is 0. The molecule has 3 aromatic carbocycles. The van der Waals surface area contributed by atoms with E-state index in [1.165, 1.54) is 54.9 Å². The van der Waals surface area contributed by atoms with E-state index in [2.05, 4.69) is 67.6 Å². The van der Waals surface area contributed by atoms with Crippen LogP contribution in [0.25, 0.3) is 22.3 Å². The summed E-state index contributed by atoms with van der Waals surface area (Å²) in [5.41, 5.74) is 7.25.